The Morgan fingerprint density at radius 2 is 1.83 bits per heavy atom. The number of urea groups is 1. The Morgan fingerprint density at radius 3 is 2.52 bits per heavy atom. The standard InChI is InChI=1S/C16H16N4O3/c1-4-7-20-14(21)11(17-15(20)22)8-10-5-6-12-13(9-10)19(3)16(23)18(12)2/h4-6,8-9H,1,7H2,2-3H3,(H,17,22). The monoisotopic (exact) mass is 312 g/mol. The van der Waals surface area contributed by atoms with E-state index in [1.54, 1.807) is 36.9 Å². The number of imidazole rings is 1. The first-order valence-electron chi connectivity index (χ1n) is 7.05. The highest BCUT2D eigenvalue weighted by Crippen LogP contribution is 2.18. The first-order valence-corrected chi connectivity index (χ1v) is 7.05. The summed E-state index contributed by atoms with van der Waals surface area (Å²) in [7, 11) is 3.40. The average Bonchev–Trinajstić information content (AvgIpc) is 2.91. The molecule has 1 aromatic heterocycles. The van der Waals surface area contributed by atoms with E-state index in [4.69, 9.17) is 0 Å². The number of hydrogen-bond acceptors (Lipinski definition) is 3. The molecule has 3 rings (SSSR count). The molecule has 0 saturated carbocycles. The summed E-state index contributed by atoms with van der Waals surface area (Å²) in [5.74, 6) is -0.392. The summed E-state index contributed by atoms with van der Waals surface area (Å²) < 4.78 is 3.09. The molecule has 1 aliphatic rings. The first kappa shape index (κ1) is 14.8. The quantitative estimate of drug-likeness (QED) is 0.521. The summed E-state index contributed by atoms with van der Waals surface area (Å²) >= 11 is 0. The minimum absolute atomic E-state index is 0.118. The molecule has 7 heteroatoms. The number of rotatable bonds is 3. The highest BCUT2D eigenvalue weighted by Gasteiger charge is 2.32. The van der Waals surface area contributed by atoms with Crippen molar-refractivity contribution >= 4 is 29.0 Å². The van der Waals surface area contributed by atoms with Crippen LogP contribution in [0, 0.1) is 0 Å². The van der Waals surface area contributed by atoms with Gasteiger partial charge in [-0.2, -0.15) is 0 Å². The van der Waals surface area contributed by atoms with E-state index < -0.39 is 11.9 Å². The van der Waals surface area contributed by atoms with Crippen LogP contribution in [0.25, 0.3) is 17.1 Å². The summed E-state index contributed by atoms with van der Waals surface area (Å²) in [4.78, 5) is 36.9. The maximum Gasteiger partial charge on any atom is 0.329 e. The van der Waals surface area contributed by atoms with Gasteiger partial charge in [0, 0.05) is 20.6 Å². The number of fused-ring (bicyclic) bond motifs is 1. The lowest BCUT2D eigenvalue weighted by atomic mass is 10.1. The molecule has 2 heterocycles. The summed E-state index contributed by atoms with van der Waals surface area (Å²) in [6, 6.07) is 4.95. The molecule has 0 bridgehead atoms. The lowest BCUT2D eigenvalue weighted by Crippen LogP contribution is -2.30. The van der Waals surface area contributed by atoms with Crippen LogP contribution in [0.5, 0.6) is 0 Å². The van der Waals surface area contributed by atoms with Gasteiger partial charge in [0.1, 0.15) is 5.70 Å². The fourth-order valence-corrected chi connectivity index (χ4v) is 2.65. The molecule has 1 saturated heterocycles. The molecule has 0 radical (unpaired) electrons. The summed E-state index contributed by atoms with van der Waals surface area (Å²) in [5, 5.41) is 2.54. The molecule has 0 unspecified atom stereocenters. The van der Waals surface area contributed by atoms with E-state index in [0.717, 1.165) is 21.5 Å². The van der Waals surface area contributed by atoms with Crippen LogP contribution in [0.3, 0.4) is 0 Å². The Kier molecular flexibility index (Phi) is 3.40. The maximum absolute atomic E-state index is 12.2. The van der Waals surface area contributed by atoms with E-state index in [9.17, 15) is 14.4 Å². The van der Waals surface area contributed by atoms with Crippen LogP contribution < -0.4 is 11.0 Å². The minimum atomic E-state index is -0.464. The Balaban J connectivity index is 2.03. The van der Waals surface area contributed by atoms with Crippen molar-refractivity contribution < 1.29 is 9.59 Å². The maximum atomic E-state index is 12.2. The van der Waals surface area contributed by atoms with Crippen LogP contribution >= 0.6 is 0 Å². The third-order valence-electron chi connectivity index (χ3n) is 3.88. The number of benzene rings is 1. The van der Waals surface area contributed by atoms with Crippen molar-refractivity contribution in [3.63, 3.8) is 0 Å². The van der Waals surface area contributed by atoms with Gasteiger partial charge in [-0.15, -0.1) is 6.58 Å². The van der Waals surface area contributed by atoms with E-state index in [1.807, 2.05) is 6.07 Å². The number of nitrogens with one attached hydrogen (secondary N) is 1. The number of imide groups is 1. The van der Waals surface area contributed by atoms with E-state index in [0.29, 0.717) is 0 Å². The molecule has 2 aromatic rings. The van der Waals surface area contributed by atoms with E-state index in [-0.39, 0.29) is 17.9 Å². The van der Waals surface area contributed by atoms with Gasteiger partial charge in [0.15, 0.2) is 0 Å². The number of hydrogen-bond donors (Lipinski definition) is 1. The second-order valence-electron chi connectivity index (χ2n) is 5.34. The largest absolute Gasteiger partial charge is 0.329 e. The predicted molar refractivity (Wildman–Crippen MR) is 86.6 cm³/mol. The highest BCUT2D eigenvalue weighted by molar-refractivity contribution is 6.14. The lowest BCUT2D eigenvalue weighted by molar-refractivity contribution is -0.122. The van der Waals surface area contributed by atoms with Crippen molar-refractivity contribution in [2.75, 3.05) is 6.54 Å². The second-order valence-corrected chi connectivity index (χ2v) is 5.34. The van der Waals surface area contributed by atoms with E-state index in [2.05, 4.69) is 11.9 Å². The first-order chi connectivity index (χ1) is 10.9. The van der Waals surface area contributed by atoms with Crippen molar-refractivity contribution in [1.29, 1.82) is 0 Å². The SMILES string of the molecule is C=CCN1C(=O)NC(=Cc2ccc3c(c2)n(C)c(=O)n3C)C1=O. The molecular weight excluding hydrogens is 296 g/mol. The molecule has 0 spiro atoms. The Morgan fingerprint density at radius 1 is 1.13 bits per heavy atom. The molecule has 7 nitrogen and oxygen atoms in total. The zero-order valence-electron chi connectivity index (χ0n) is 12.9. The van der Waals surface area contributed by atoms with Crippen LogP contribution in [-0.4, -0.2) is 32.5 Å². The lowest BCUT2D eigenvalue weighted by Gasteiger charge is -2.06. The third kappa shape index (κ3) is 2.26. The Hall–Kier alpha value is -3.09. The van der Waals surface area contributed by atoms with Gasteiger partial charge in [0.25, 0.3) is 5.91 Å². The van der Waals surface area contributed by atoms with Crippen molar-refractivity contribution in [3.05, 3.63) is 52.6 Å². The molecule has 118 valence electrons. The number of aryl methyl sites for hydroxylation is 2. The van der Waals surface area contributed by atoms with Gasteiger partial charge in [0.05, 0.1) is 11.0 Å². The van der Waals surface area contributed by atoms with E-state index >= 15 is 0 Å². The smallest absolute Gasteiger partial charge is 0.303 e. The molecule has 1 fully saturated rings. The van der Waals surface area contributed by atoms with Gasteiger partial charge in [-0.25, -0.2) is 9.59 Å². The second kappa shape index (κ2) is 5.28. The molecule has 23 heavy (non-hydrogen) atoms. The van der Waals surface area contributed by atoms with Gasteiger partial charge in [-0.05, 0) is 23.8 Å². The molecule has 1 aromatic carbocycles. The number of amides is 3. The summed E-state index contributed by atoms with van der Waals surface area (Å²) in [5.41, 5.74) is 2.37. The molecule has 1 N–H and O–H groups in total. The number of aromatic nitrogens is 2. The van der Waals surface area contributed by atoms with Gasteiger partial charge < -0.3 is 5.32 Å². The van der Waals surface area contributed by atoms with Gasteiger partial charge in [-0.3, -0.25) is 18.8 Å². The molecule has 0 aliphatic carbocycles. The number of carbonyl (C=O) groups excluding carboxylic acids is 2. The van der Waals surface area contributed by atoms with Gasteiger partial charge in [0.2, 0.25) is 0 Å². The average molecular weight is 312 g/mol. The van der Waals surface area contributed by atoms with Crippen LogP contribution in [0.1, 0.15) is 5.56 Å². The molecule has 0 atom stereocenters. The summed E-state index contributed by atoms with van der Waals surface area (Å²) in [6.45, 7) is 3.69. The number of nitrogens with zero attached hydrogens (tertiary/aromatic N) is 3. The van der Waals surface area contributed by atoms with Crippen molar-refractivity contribution in [2.45, 2.75) is 0 Å². The number of carbonyl (C=O) groups is 2. The third-order valence-corrected chi connectivity index (χ3v) is 3.88. The van der Waals surface area contributed by atoms with Gasteiger partial charge >= 0.3 is 11.7 Å². The van der Waals surface area contributed by atoms with Crippen molar-refractivity contribution in [3.8, 4) is 0 Å². The zero-order valence-corrected chi connectivity index (χ0v) is 12.9. The van der Waals surface area contributed by atoms with Crippen molar-refractivity contribution in [2.24, 2.45) is 14.1 Å². The van der Waals surface area contributed by atoms with Crippen LogP contribution in [0.15, 0.2) is 41.3 Å². The van der Waals surface area contributed by atoms with Crippen molar-refractivity contribution in [1.82, 2.24) is 19.4 Å². The fourth-order valence-electron chi connectivity index (χ4n) is 2.65. The van der Waals surface area contributed by atoms with Crippen LogP contribution in [0.4, 0.5) is 4.79 Å². The fraction of sp³-hybridized carbons (Fsp3) is 0.188. The normalized spacial score (nSPS) is 16.4. The highest BCUT2D eigenvalue weighted by atomic mass is 16.2. The van der Waals surface area contributed by atoms with E-state index in [1.165, 1.54) is 10.6 Å². The predicted octanol–water partition coefficient (Wildman–Crippen LogP) is 0.956. The molecular formula is C16H16N4O3. The minimum Gasteiger partial charge on any atom is -0.303 e. The topological polar surface area (TPSA) is 76.3 Å². The van der Waals surface area contributed by atoms with Crippen LogP contribution in [0.2, 0.25) is 0 Å². The van der Waals surface area contributed by atoms with Gasteiger partial charge in [-0.1, -0.05) is 12.1 Å². The zero-order chi connectivity index (χ0) is 16.7. The molecule has 1 aliphatic heterocycles. The van der Waals surface area contributed by atoms with Crippen LogP contribution in [-0.2, 0) is 18.9 Å². The Bertz CT molecular complexity index is 933. The Labute approximate surface area is 132 Å². The summed E-state index contributed by atoms with van der Waals surface area (Å²) in [6.07, 6.45) is 3.09. The molecule has 3 amide bonds.